The van der Waals surface area contributed by atoms with Crippen LogP contribution >= 0.6 is 15.9 Å². The van der Waals surface area contributed by atoms with Gasteiger partial charge in [-0.15, -0.1) is 0 Å². The molecule has 1 saturated heterocycles. The van der Waals surface area contributed by atoms with Gasteiger partial charge < -0.3 is 4.90 Å². The lowest BCUT2D eigenvalue weighted by molar-refractivity contribution is -0.127. The van der Waals surface area contributed by atoms with Gasteiger partial charge in [-0.2, -0.15) is 0 Å². The summed E-state index contributed by atoms with van der Waals surface area (Å²) in [6, 6.07) is 0. The zero-order valence-electron chi connectivity index (χ0n) is 7.90. The maximum Gasteiger partial charge on any atom is 0.438 e. The van der Waals surface area contributed by atoms with Gasteiger partial charge in [0.15, 0.2) is 5.82 Å². The van der Waals surface area contributed by atoms with Crippen LogP contribution in [0.1, 0.15) is 12.2 Å². The summed E-state index contributed by atoms with van der Waals surface area (Å²) in [5.74, 6) is 0.0165. The molecule has 15 heavy (non-hydrogen) atoms. The number of nitrogens with zero attached hydrogens (tertiary/aromatic N) is 2. The number of carbonyl (C=O) groups is 1. The van der Waals surface area contributed by atoms with Crippen LogP contribution in [-0.4, -0.2) is 38.9 Å². The Morgan fingerprint density at radius 1 is 1.60 bits per heavy atom. The predicted octanol–water partition coefficient (Wildman–Crippen LogP) is -0.0988. The van der Waals surface area contributed by atoms with E-state index in [0.29, 0.717) is 18.8 Å². The number of likely N-dealkylation sites (tertiary alicyclic amines) is 1. The van der Waals surface area contributed by atoms with Gasteiger partial charge in [0.2, 0.25) is 5.91 Å². The molecule has 1 aromatic heterocycles. The minimum absolute atomic E-state index is 0.0612. The van der Waals surface area contributed by atoms with Crippen molar-refractivity contribution in [1.29, 1.82) is 0 Å². The van der Waals surface area contributed by atoms with Crippen molar-refractivity contribution < 1.29 is 9.32 Å². The van der Waals surface area contributed by atoms with E-state index in [0.717, 1.165) is 13.0 Å². The highest BCUT2D eigenvalue weighted by molar-refractivity contribution is 9.10. The van der Waals surface area contributed by atoms with Crippen LogP contribution in [0, 0.1) is 0 Å². The molecule has 1 N–H and O–H groups in total. The smallest absolute Gasteiger partial charge is 0.341 e. The SMILES string of the molecule is O=C1C(Br)CCN1CCc1noc(=O)[nH]1. The number of H-pyrrole nitrogens is 1. The molecular weight excluding hydrogens is 266 g/mol. The highest BCUT2D eigenvalue weighted by atomic mass is 79.9. The summed E-state index contributed by atoms with van der Waals surface area (Å²) < 4.78 is 4.35. The molecule has 6 nitrogen and oxygen atoms in total. The number of nitrogens with one attached hydrogen (secondary N) is 1. The number of carbonyl (C=O) groups excluding carboxylic acids is 1. The summed E-state index contributed by atoms with van der Waals surface area (Å²) in [7, 11) is 0. The summed E-state index contributed by atoms with van der Waals surface area (Å²) in [5, 5.41) is 3.53. The first-order valence-corrected chi connectivity index (χ1v) is 5.56. The van der Waals surface area contributed by atoms with Crippen LogP contribution in [0.3, 0.4) is 0 Å². The molecule has 2 heterocycles. The number of rotatable bonds is 3. The average Bonchev–Trinajstić information content (AvgIpc) is 2.74. The van der Waals surface area contributed by atoms with Crippen molar-refractivity contribution in [1.82, 2.24) is 15.0 Å². The second kappa shape index (κ2) is 4.18. The van der Waals surface area contributed by atoms with E-state index in [-0.39, 0.29) is 10.7 Å². The van der Waals surface area contributed by atoms with Crippen molar-refractivity contribution in [3.63, 3.8) is 0 Å². The number of aromatic amines is 1. The fraction of sp³-hybridized carbons (Fsp3) is 0.625. The standard InChI is InChI=1S/C8H10BrN3O3/c9-5-1-3-12(7(5)13)4-2-6-10-8(14)15-11-6/h5H,1-4H2,(H,10,11,14). The largest absolute Gasteiger partial charge is 0.438 e. The van der Waals surface area contributed by atoms with Crippen molar-refractivity contribution in [3.8, 4) is 0 Å². The van der Waals surface area contributed by atoms with Crippen molar-refractivity contribution in [3.05, 3.63) is 16.4 Å². The van der Waals surface area contributed by atoms with Crippen LogP contribution in [0.25, 0.3) is 0 Å². The Balaban J connectivity index is 1.89. The van der Waals surface area contributed by atoms with E-state index < -0.39 is 5.76 Å². The Labute approximate surface area is 93.8 Å². The molecule has 1 aromatic rings. The molecule has 1 atom stereocenters. The van der Waals surface area contributed by atoms with Gasteiger partial charge in [0.05, 0.1) is 4.83 Å². The van der Waals surface area contributed by atoms with E-state index in [9.17, 15) is 9.59 Å². The minimum Gasteiger partial charge on any atom is -0.341 e. The number of alkyl halides is 1. The molecule has 0 aromatic carbocycles. The summed E-state index contributed by atoms with van der Waals surface area (Å²) in [6.07, 6.45) is 1.34. The highest BCUT2D eigenvalue weighted by Gasteiger charge is 2.28. The first-order valence-electron chi connectivity index (χ1n) is 4.64. The average molecular weight is 276 g/mol. The molecule has 1 aliphatic rings. The van der Waals surface area contributed by atoms with Crippen LogP contribution in [0.5, 0.6) is 0 Å². The Hall–Kier alpha value is -1.11. The second-order valence-corrected chi connectivity index (χ2v) is 4.48. The van der Waals surface area contributed by atoms with Gasteiger partial charge in [-0.1, -0.05) is 21.1 Å². The van der Waals surface area contributed by atoms with Crippen LogP contribution in [0.2, 0.25) is 0 Å². The third-order valence-corrected chi connectivity index (χ3v) is 3.19. The van der Waals surface area contributed by atoms with Gasteiger partial charge in [0, 0.05) is 19.5 Å². The quantitative estimate of drug-likeness (QED) is 0.782. The number of aromatic nitrogens is 2. The molecule has 1 fully saturated rings. The fourth-order valence-electron chi connectivity index (χ4n) is 1.53. The van der Waals surface area contributed by atoms with Gasteiger partial charge in [0.1, 0.15) is 0 Å². The zero-order chi connectivity index (χ0) is 10.8. The summed E-state index contributed by atoms with van der Waals surface area (Å²) in [5.41, 5.74) is 0. The normalized spacial score (nSPS) is 21.3. The van der Waals surface area contributed by atoms with Crippen LogP contribution in [0.4, 0.5) is 0 Å². The third kappa shape index (κ3) is 2.28. The number of hydrogen-bond donors (Lipinski definition) is 1. The number of halogens is 1. The molecule has 1 aliphatic heterocycles. The highest BCUT2D eigenvalue weighted by Crippen LogP contribution is 2.18. The van der Waals surface area contributed by atoms with Gasteiger partial charge in [-0.25, -0.2) is 4.79 Å². The molecule has 0 bridgehead atoms. The Morgan fingerprint density at radius 3 is 2.93 bits per heavy atom. The molecule has 1 unspecified atom stereocenters. The summed E-state index contributed by atoms with van der Waals surface area (Å²) in [6.45, 7) is 1.31. The minimum atomic E-state index is -0.559. The fourth-order valence-corrected chi connectivity index (χ4v) is 2.03. The lowest BCUT2D eigenvalue weighted by Gasteiger charge is -2.13. The Morgan fingerprint density at radius 2 is 2.40 bits per heavy atom. The van der Waals surface area contributed by atoms with Gasteiger partial charge >= 0.3 is 5.76 Å². The Kier molecular flexibility index (Phi) is 2.90. The Bertz CT molecular complexity index is 413. The first kappa shape index (κ1) is 10.4. The zero-order valence-corrected chi connectivity index (χ0v) is 9.49. The van der Waals surface area contributed by atoms with Crippen LogP contribution in [0.15, 0.2) is 9.32 Å². The van der Waals surface area contributed by atoms with E-state index >= 15 is 0 Å². The predicted molar refractivity (Wildman–Crippen MR) is 54.7 cm³/mol. The van der Waals surface area contributed by atoms with Crippen molar-refractivity contribution in [2.45, 2.75) is 17.7 Å². The van der Waals surface area contributed by atoms with Crippen LogP contribution in [-0.2, 0) is 11.2 Å². The summed E-state index contributed by atoms with van der Waals surface area (Å²) >= 11 is 3.29. The first-order chi connectivity index (χ1) is 7.16. The van der Waals surface area contributed by atoms with E-state index in [1.165, 1.54) is 0 Å². The lowest BCUT2D eigenvalue weighted by Crippen LogP contribution is -2.29. The molecule has 7 heteroatoms. The molecule has 0 saturated carbocycles. The molecule has 1 amide bonds. The van der Waals surface area contributed by atoms with Crippen molar-refractivity contribution in [2.24, 2.45) is 0 Å². The molecule has 82 valence electrons. The molecule has 2 rings (SSSR count). The number of amides is 1. The maximum atomic E-state index is 11.5. The van der Waals surface area contributed by atoms with Gasteiger partial charge in [-0.05, 0) is 6.42 Å². The molecule has 0 aliphatic carbocycles. The van der Waals surface area contributed by atoms with Gasteiger partial charge in [0.25, 0.3) is 0 Å². The maximum absolute atomic E-state index is 11.5. The monoisotopic (exact) mass is 275 g/mol. The van der Waals surface area contributed by atoms with E-state index in [4.69, 9.17) is 0 Å². The topological polar surface area (TPSA) is 79.2 Å². The second-order valence-electron chi connectivity index (χ2n) is 3.37. The molecular formula is C8H10BrN3O3. The molecule has 0 radical (unpaired) electrons. The number of hydrogen-bond acceptors (Lipinski definition) is 4. The van der Waals surface area contributed by atoms with E-state index in [2.05, 4.69) is 30.6 Å². The lowest BCUT2D eigenvalue weighted by atomic mass is 10.4. The third-order valence-electron chi connectivity index (χ3n) is 2.34. The molecule has 0 spiro atoms. The van der Waals surface area contributed by atoms with Gasteiger partial charge in [-0.3, -0.25) is 14.3 Å². The van der Waals surface area contributed by atoms with Crippen molar-refractivity contribution >= 4 is 21.8 Å². The van der Waals surface area contributed by atoms with E-state index in [1.807, 2.05) is 0 Å². The summed E-state index contributed by atoms with van der Waals surface area (Å²) in [4.78, 5) is 26.2. The van der Waals surface area contributed by atoms with E-state index in [1.54, 1.807) is 4.90 Å². The van der Waals surface area contributed by atoms with Crippen molar-refractivity contribution in [2.75, 3.05) is 13.1 Å². The van der Waals surface area contributed by atoms with Crippen LogP contribution < -0.4 is 5.76 Å².